The second kappa shape index (κ2) is 4.21. The Kier molecular flexibility index (Phi) is 3.52. The van der Waals surface area contributed by atoms with Crippen molar-refractivity contribution in [3.05, 3.63) is 0 Å². The molecule has 0 bridgehead atoms. The molecule has 0 aromatic carbocycles. The van der Waals surface area contributed by atoms with Gasteiger partial charge in [0.15, 0.2) is 0 Å². The standard InChI is InChI=1S/C8H16O2S/c1-7(11(9)10)8-5-3-2-4-6-8/h7-8H,2-6H2,1H3,(H,9,10)/p-1. The Balaban J connectivity index is 2.38. The highest BCUT2D eigenvalue weighted by Crippen LogP contribution is 2.28. The Morgan fingerprint density at radius 1 is 1.36 bits per heavy atom. The van der Waals surface area contributed by atoms with Crippen molar-refractivity contribution in [1.82, 2.24) is 0 Å². The Bertz CT molecular complexity index is 141. The van der Waals surface area contributed by atoms with Crippen molar-refractivity contribution in [2.45, 2.75) is 44.3 Å². The molecule has 0 saturated heterocycles. The van der Waals surface area contributed by atoms with E-state index in [0.29, 0.717) is 5.92 Å². The molecule has 0 N–H and O–H groups in total. The molecule has 0 heterocycles. The molecule has 1 saturated carbocycles. The van der Waals surface area contributed by atoms with Crippen molar-refractivity contribution in [2.75, 3.05) is 0 Å². The molecule has 1 aliphatic rings. The van der Waals surface area contributed by atoms with Gasteiger partial charge in [-0.1, -0.05) is 37.3 Å². The molecule has 0 aliphatic heterocycles. The van der Waals surface area contributed by atoms with Crippen molar-refractivity contribution in [3.8, 4) is 0 Å². The first-order valence-corrected chi connectivity index (χ1v) is 5.43. The highest BCUT2D eigenvalue weighted by molar-refractivity contribution is 7.79. The normalized spacial score (nSPS) is 26.4. The summed E-state index contributed by atoms with van der Waals surface area (Å²) in [6.07, 6.45) is 5.93. The fraction of sp³-hybridized carbons (Fsp3) is 1.00. The average molecular weight is 175 g/mol. The zero-order valence-corrected chi connectivity index (χ0v) is 7.73. The van der Waals surface area contributed by atoms with E-state index < -0.39 is 11.1 Å². The van der Waals surface area contributed by atoms with Gasteiger partial charge in [-0.05, 0) is 18.8 Å². The Labute approximate surface area is 70.7 Å². The molecule has 1 aliphatic carbocycles. The first kappa shape index (κ1) is 9.20. The molecule has 66 valence electrons. The molecule has 3 heteroatoms. The number of hydrogen-bond acceptors (Lipinski definition) is 2. The molecule has 1 rings (SSSR count). The summed E-state index contributed by atoms with van der Waals surface area (Å²) in [6.45, 7) is 1.82. The summed E-state index contributed by atoms with van der Waals surface area (Å²) in [5.41, 5.74) is 0. The highest BCUT2D eigenvalue weighted by atomic mass is 32.2. The molecule has 0 spiro atoms. The second-order valence-corrected chi connectivity index (χ2v) is 4.63. The molecular formula is C8H15O2S-. The van der Waals surface area contributed by atoms with Gasteiger partial charge in [0.2, 0.25) is 0 Å². The van der Waals surface area contributed by atoms with E-state index in [9.17, 15) is 8.76 Å². The Hall–Kier alpha value is 0.110. The maximum Gasteiger partial charge on any atom is 0.0215 e. The molecule has 0 radical (unpaired) electrons. The molecule has 0 amide bonds. The van der Waals surface area contributed by atoms with Gasteiger partial charge in [-0.3, -0.25) is 4.21 Å². The highest BCUT2D eigenvalue weighted by Gasteiger charge is 2.19. The van der Waals surface area contributed by atoms with Crippen molar-refractivity contribution >= 4 is 11.1 Å². The van der Waals surface area contributed by atoms with E-state index in [1.807, 2.05) is 6.92 Å². The topological polar surface area (TPSA) is 40.1 Å². The summed E-state index contributed by atoms with van der Waals surface area (Å²) in [4.78, 5) is 0. The van der Waals surface area contributed by atoms with Gasteiger partial charge in [-0.15, -0.1) is 0 Å². The SMILES string of the molecule is CC(C1CCCCC1)S(=O)[O-]. The lowest BCUT2D eigenvalue weighted by atomic mass is 9.87. The van der Waals surface area contributed by atoms with Crippen molar-refractivity contribution in [2.24, 2.45) is 5.92 Å². The van der Waals surface area contributed by atoms with Crippen LogP contribution in [0.15, 0.2) is 0 Å². The molecular weight excluding hydrogens is 160 g/mol. The van der Waals surface area contributed by atoms with Gasteiger partial charge in [0.05, 0.1) is 0 Å². The summed E-state index contributed by atoms with van der Waals surface area (Å²) < 4.78 is 21.2. The van der Waals surface area contributed by atoms with E-state index in [1.165, 1.54) is 19.3 Å². The molecule has 11 heavy (non-hydrogen) atoms. The van der Waals surface area contributed by atoms with Crippen LogP contribution in [0.1, 0.15) is 39.0 Å². The van der Waals surface area contributed by atoms with E-state index in [2.05, 4.69) is 0 Å². The quantitative estimate of drug-likeness (QED) is 0.601. The zero-order chi connectivity index (χ0) is 8.27. The summed E-state index contributed by atoms with van der Waals surface area (Å²) in [5.74, 6) is 0.432. The fourth-order valence-electron chi connectivity index (χ4n) is 1.76. The van der Waals surface area contributed by atoms with Gasteiger partial charge in [-0.25, -0.2) is 0 Å². The summed E-state index contributed by atoms with van der Waals surface area (Å²) >= 11 is -1.86. The maximum absolute atomic E-state index is 10.6. The minimum atomic E-state index is -1.86. The molecule has 2 unspecified atom stereocenters. The first-order valence-electron chi connectivity index (χ1n) is 4.30. The van der Waals surface area contributed by atoms with Crippen LogP contribution in [0.25, 0.3) is 0 Å². The minimum absolute atomic E-state index is 0.129. The largest absolute Gasteiger partial charge is 0.772 e. The second-order valence-electron chi connectivity index (χ2n) is 3.36. The van der Waals surface area contributed by atoms with Gasteiger partial charge >= 0.3 is 0 Å². The van der Waals surface area contributed by atoms with Crippen LogP contribution < -0.4 is 0 Å². The molecule has 0 aromatic rings. The van der Waals surface area contributed by atoms with Crippen LogP contribution in [0, 0.1) is 5.92 Å². The average Bonchev–Trinajstić information content (AvgIpc) is 2.05. The monoisotopic (exact) mass is 175 g/mol. The van der Waals surface area contributed by atoms with Gasteiger partial charge in [0, 0.05) is 5.25 Å². The first-order chi connectivity index (χ1) is 5.22. The molecule has 0 aromatic heterocycles. The summed E-state index contributed by atoms with van der Waals surface area (Å²) in [7, 11) is 0. The van der Waals surface area contributed by atoms with E-state index in [-0.39, 0.29) is 5.25 Å². The van der Waals surface area contributed by atoms with E-state index in [1.54, 1.807) is 0 Å². The van der Waals surface area contributed by atoms with Crippen LogP contribution in [0.5, 0.6) is 0 Å². The molecule has 2 atom stereocenters. The Morgan fingerprint density at radius 2 is 1.91 bits per heavy atom. The number of hydrogen-bond donors (Lipinski definition) is 0. The predicted octanol–water partition coefficient (Wildman–Crippen LogP) is 1.83. The summed E-state index contributed by atoms with van der Waals surface area (Å²) in [6, 6.07) is 0. The molecule has 2 nitrogen and oxygen atoms in total. The van der Waals surface area contributed by atoms with Crippen LogP contribution in [0.4, 0.5) is 0 Å². The van der Waals surface area contributed by atoms with Crippen LogP contribution >= 0.6 is 0 Å². The third-order valence-electron chi connectivity index (χ3n) is 2.62. The third kappa shape index (κ3) is 2.56. The fourth-order valence-corrected chi connectivity index (χ4v) is 2.35. The van der Waals surface area contributed by atoms with Crippen molar-refractivity contribution < 1.29 is 8.76 Å². The van der Waals surface area contributed by atoms with Crippen LogP contribution in [-0.4, -0.2) is 14.0 Å². The van der Waals surface area contributed by atoms with Gasteiger partial charge in [-0.2, -0.15) is 0 Å². The predicted molar refractivity (Wildman–Crippen MR) is 45.0 cm³/mol. The maximum atomic E-state index is 10.6. The van der Waals surface area contributed by atoms with Gasteiger partial charge in [0.25, 0.3) is 0 Å². The van der Waals surface area contributed by atoms with E-state index in [0.717, 1.165) is 12.8 Å². The van der Waals surface area contributed by atoms with Crippen molar-refractivity contribution in [3.63, 3.8) is 0 Å². The van der Waals surface area contributed by atoms with E-state index in [4.69, 9.17) is 0 Å². The van der Waals surface area contributed by atoms with Crippen molar-refractivity contribution in [1.29, 1.82) is 0 Å². The van der Waals surface area contributed by atoms with Crippen LogP contribution in [0.2, 0.25) is 0 Å². The van der Waals surface area contributed by atoms with E-state index >= 15 is 0 Å². The molecule has 1 fully saturated rings. The smallest absolute Gasteiger partial charge is 0.0215 e. The third-order valence-corrected chi connectivity index (χ3v) is 3.61. The van der Waals surface area contributed by atoms with Crippen LogP contribution in [-0.2, 0) is 11.1 Å². The van der Waals surface area contributed by atoms with Gasteiger partial charge < -0.3 is 4.55 Å². The lowest BCUT2D eigenvalue weighted by Gasteiger charge is -2.28. The summed E-state index contributed by atoms with van der Waals surface area (Å²) in [5, 5.41) is -0.129. The lowest BCUT2D eigenvalue weighted by Crippen LogP contribution is -2.24. The number of rotatable bonds is 2. The zero-order valence-electron chi connectivity index (χ0n) is 6.91. The lowest BCUT2D eigenvalue weighted by molar-refractivity contribution is 0.344. The van der Waals surface area contributed by atoms with Crippen LogP contribution in [0.3, 0.4) is 0 Å². The minimum Gasteiger partial charge on any atom is -0.772 e. The Morgan fingerprint density at radius 3 is 2.36 bits per heavy atom. The van der Waals surface area contributed by atoms with Gasteiger partial charge in [0.1, 0.15) is 0 Å².